The van der Waals surface area contributed by atoms with Gasteiger partial charge in [-0.3, -0.25) is 4.79 Å². The number of hydrogen-bond donors (Lipinski definition) is 1. The van der Waals surface area contributed by atoms with Crippen molar-refractivity contribution in [3.8, 4) is 5.69 Å². The second kappa shape index (κ2) is 9.91. The highest BCUT2D eigenvalue weighted by Gasteiger charge is 2.21. The number of benzene rings is 2. The molecule has 2 aromatic heterocycles. The molecule has 31 heavy (non-hydrogen) atoms. The van der Waals surface area contributed by atoms with E-state index in [4.69, 9.17) is 23.2 Å². The highest BCUT2D eigenvalue weighted by molar-refractivity contribution is 7.98. The van der Waals surface area contributed by atoms with E-state index < -0.39 is 0 Å². The van der Waals surface area contributed by atoms with E-state index in [0.29, 0.717) is 26.6 Å². The Hall–Kier alpha value is -2.94. The van der Waals surface area contributed by atoms with Crippen LogP contribution in [0.1, 0.15) is 21.7 Å². The number of thioether (sulfide) groups is 1. The molecule has 0 saturated carbocycles. The SMILES string of the molecule is O=C(NCc1ccccc1Cl)c1nnn(-c2ccc(Cl)cc2)c1CSc1ncccn1. The van der Waals surface area contributed by atoms with Crippen molar-refractivity contribution in [2.24, 2.45) is 0 Å². The summed E-state index contributed by atoms with van der Waals surface area (Å²) in [6, 6.07) is 16.2. The van der Waals surface area contributed by atoms with E-state index >= 15 is 0 Å². The Labute approximate surface area is 192 Å². The molecule has 1 amide bonds. The van der Waals surface area contributed by atoms with Crippen LogP contribution in [0.4, 0.5) is 0 Å². The molecule has 0 spiro atoms. The van der Waals surface area contributed by atoms with Crippen LogP contribution >= 0.6 is 35.0 Å². The van der Waals surface area contributed by atoms with Crippen LogP contribution in [0.15, 0.2) is 72.1 Å². The van der Waals surface area contributed by atoms with Gasteiger partial charge in [-0.05, 0) is 42.0 Å². The minimum Gasteiger partial charge on any atom is -0.346 e. The zero-order valence-corrected chi connectivity index (χ0v) is 18.4. The van der Waals surface area contributed by atoms with Gasteiger partial charge >= 0.3 is 0 Å². The van der Waals surface area contributed by atoms with E-state index in [1.807, 2.05) is 30.3 Å². The molecule has 7 nitrogen and oxygen atoms in total. The molecule has 0 saturated heterocycles. The topological polar surface area (TPSA) is 85.6 Å². The highest BCUT2D eigenvalue weighted by Crippen LogP contribution is 2.24. The summed E-state index contributed by atoms with van der Waals surface area (Å²) in [4.78, 5) is 21.4. The Balaban J connectivity index is 1.60. The minimum absolute atomic E-state index is 0.227. The van der Waals surface area contributed by atoms with Gasteiger partial charge < -0.3 is 5.32 Å². The van der Waals surface area contributed by atoms with Crippen molar-refractivity contribution in [2.75, 3.05) is 0 Å². The van der Waals surface area contributed by atoms with Gasteiger partial charge in [-0.15, -0.1) is 5.10 Å². The van der Waals surface area contributed by atoms with E-state index in [1.165, 1.54) is 11.8 Å². The largest absolute Gasteiger partial charge is 0.346 e. The van der Waals surface area contributed by atoms with Crippen LogP contribution in [-0.2, 0) is 12.3 Å². The van der Waals surface area contributed by atoms with Crippen LogP contribution in [0.25, 0.3) is 5.69 Å². The Morgan fingerprint density at radius 1 is 1.00 bits per heavy atom. The van der Waals surface area contributed by atoms with E-state index in [0.717, 1.165) is 11.3 Å². The zero-order valence-electron chi connectivity index (χ0n) is 16.1. The summed E-state index contributed by atoms with van der Waals surface area (Å²) in [6.45, 7) is 0.278. The van der Waals surface area contributed by atoms with Gasteiger partial charge in [0.1, 0.15) is 0 Å². The molecule has 0 atom stereocenters. The maximum Gasteiger partial charge on any atom is 0.274 e. The summed E-state index contributed by atoms with van der Waals surface area (Å²) in [5.74, 6) is 0.0544. The first kappa shape index (κ1) is 21.3. The van der Waals surface area contributed by atoms with Gasteiger partial charge in [0.05, 0.1) is 11.4 Å². The molecular weight excluding hydrogens is 455 g/mol. The summed E-state index contributed by atoms with van der Waals surface area (Å²) in [6.07, 6.45) is 3.34. The van der Waals surface area contributed by atoms with E-state index in [9.17, 15) is 4.79 Å². The van der Waals surface area contributed by atoms with E-state index in [2.05, 4.69) is 25.6 Å². The molecule has 0 radical (unpaired) electrons. The molecule has 2 aromatic carbocycles. The number of rotatable bonds is 7. The Morgan fingerprint density at radius 3 is 2.48 bits per heavy atom. The molecule has 4 rings (SSSR count). The second-order valence-corrected chi connectivity index (χ2v) is 8.15. The van der Waals surface area contributed by atoms with Crippen LogP contribution in [0, 0.1) is 0 Å². The lowest BCUT2D eigenvalue weighted by atomic mass is 10.2. The maximum atomic E-state index is 12.9. The summed E-state index contributed by atoms with van der Waals surface area (Å²) < 4.78 is 1.62. The predicted octanol–water partition coefficient (Wildman–Crippen LogP) is 4.59. The molecule has 0 fully saturated rings. The lowest BCUT2D eigenvalue weighted by Gasteiger charge is -2.09. The number of aromatic nitrogens is 5. The fourth-order valence-electron chi connectivity index (χ4n) is 2.79. The fourth-order valence-corrected chi connectivity index (χ4v) is 3.92. The van der Waals surface area contributed by atoms with Gasteiger partial charge in [-0.1, -0.05) is 58.4 Å². The van der Waals surface area contributed by atoms with Gasteiger partial charge in [0.15, 0.2) is 10.9 Å². The standard InChI is InChI=1S/C21H16Cl2N6OS/c22-15-6-8-16(9-7-15)29-18(13-31-21-24-10-3-11-25-21)19(27-28-29)20(30)26-12-14-4-1-2-5-17(14)23/h1-11H,12-13H2,(H,26,30). The summed E-state index contributed by atoms with van der Waals surface area (Å²) in [5, 5.41) is 13.0. The molecule has 2 heterocycles. The second-order valence-electron chi connectivity index (χ2n) is 6.37. The quantitative estimate of drug-likeness (QED) is 0.314. The van der Waals surface area contributed by atoms with E-state index in [-0.39, 0.29) is 18.1 Å². The van der Waals surface area contributed by atoms with Crippen LogP contribution < -0.4 is 5.32 Å². The summed E-state index contributed by atoms with van der Waals surface area (Å²) >= 11 is 13.6. The lowest BCUT2D eigenvalue weighted by molar-refractivity contribution is 0.0945. The van der Waals surface area contributed by atoms with Crippen LogP contribution in [0.2, 0.25) is 10.0 Å². The van der Waals surface area contributed by atoms with Gasteiger partial charge in [0.2, 0.25) is 0 Å². The smallest absolute Gasteiger partial charge is 0.274 e. The predicted molar refractivity (Wildman–Crippen MR) is 121 cm³/mol. The van der Waals surface area contributed by atoms with E-state index in [1.54, 1.807) is 41.3 Å². The molecule has 0 bridgehead atoms. The number of carbonyl (C=O) groups is 1. The van der Waals surface area contributed by atoms with Crippen molar-refractivity contribution in [3.05, 3.63) is 94.0 Å². The minimum atomic E-state index is -0.343. The molecule has 156 valence electrons. The fraction of sp³-hybridized carbons (Fsp3) is 0.0952. The first-order valence-electron chi connectivity index (χ1n) is 9.24. The average Bonchev–Trinajstić information content (AvgIpc) is 3.22. The molecule has 0 aliphatic rings. The third kappa shape index (κ3) is 5.22. The number of nitrogens with zero attached hydrogens (tertiary/aromatic N) is 5. The van der Waals surface area contributed by atoms with Crippen molar-refractivity contribution >= 4 is 40.9 Å². The van der Waals surface area contributed by atoms with Crippen molar-refractivity contribution in [1.29, 1.82) is 0 Å². The zero-order chi connectivity index (χ0) is 21.6. The average molecular weight is 471 g/mol. The number of nitrogens with one attached hydrogen (secondary N) is 1. The molecule has 1 N–H and O–H groups in total. The third-order valence-electron chi connectivity index (χ3n) is 4.33. The number of hydrogen-bond acceptors (Lipinski definition) is 6. The molecule has 0 unspecified atom stereocenters. The van der Waals surface area contributed by atoms with Crippen molar-refractivity contribution in [1.82, 2.24) is 30.3 Å². The van der Waals surface area contributed by atoms with Gasteiger partial charge in [0, 0.05) is 34.7 Å². The first-order chi connectivity index (χ1) is 15.1. The van der Waals surface area contributed by atoms with Crippen LogP contribution in [-0.4, -0.2) is 30.9 Å². The Bertz CT molecular complexity index is 1180. The number of amides is 1. The highest BCUT2D eigenvalue weighted by atomic mass is 35.5. The monoisotopic (exact) mass is 470 g/mol. The number of halogens is 2. The van der Waals surface area contributed by atoms with Gasteiger partial charge in [-0.25, -0.2) is 14.6 Å². The Kier molecular flexibility index (Phi) is 6.81. The molecule has 4 aromatic rings. The van der Waals surface area contributed by atoms with Crippen LogP contribution in [0.5, 0.6) is 0 Å². The molecule has 10 heteroatoms. The molecule has 0 aliphatic carbocycles. The maximum absolute atomic E-state index is 12.9. The number of carbonyl (C=O) groups excluding carboxylic acids is 1. The normalized spacial score (nSPS) is 10.8. The Morgan fingerprint density at radius 2 is 1.74 bits per heavy atom. The van der Waals surface area contributed by atoms with Gasteiger partial charge in [0.25, 0.3) is 5.91 Å². The first-order valence-corrected chi connectivity index (χ1v) is 11.0. The summed E-state index contributed by atoms with van der Waals surface area (Å²) in [5.41, 5.74) is 2.41. The summed E-state index contributed by atoms with van der Waals surface area (Å²) in [7, 11) is 0. The van der Waals surface area contributed by atoms with Gasteiger partial charge in [-0.2, -0.15) is 0 Å². The van der Waals surface area contributed by atoms with Crippen molar-refractivity contribution < 1.29 is 4.79 Å². The molecule has 0 aliphatic heterocycles. The van der Waals surface area contributed by atoms with Crippen molar-refractivity contribution in [2.45, 2.75) is 17.5 Å². The lowest BCUT2D eigenvalue weighted by Crippen LogP contribution is -2.24. The van der Waals surface area contributed by atoms with Crippen molar-refractivity contribution in [3.63, 3.8) is 0 Å². The molecular formula is C21H16Cl2N6OS. The van der Waals surface area contributed by atoms with Crippen LogP contribution in [0.3, 0.4) is 0 Å². The third-order valence-corrected chi connectivity index (χ3v) is 5.83.